The lowest BCUT2D eigenvalue weighted by molar-refractivity contribution is -0.143. The Morgan fingerprint density at radius 2 is 1.93 bits per heavy atom. The lowest BCUT2D eigenvalue weighted by atomic mass is 10.0. The SMILES string of the molecule is CCOC(=O)CCc1ccc(N2C(=O)[C@@H]3C[C@H]2C[C@H]3OCc2c(C3CC3)cnn2-c2c(Cl)cccc2Cl)c(F)c1. The van der Waals surface area contributed by atoms with Gasteiger partial charge in [0.15, 0.2) is 0 Å². The van der Waals surface area contributed by atoms with Crippen molar-refractivity contribution in [1.82, 2.24) is 9.78 Å². The van der Waals surface area contributed by atoms with Crippen molar-refractivity contribution >= 4 is 40.8 Å². The van der Waals surface area contributed by atoms with E-state index in [1.165, 1.54) is 6.07 Å². The van der Waals surface area contributed by atoms with Crippen molar-refractivity contribution in [3.63, 3.8) is 0 Å². The zero-order valence-electron chi connectivity index (χ0n) is 22.1. The van der Waals surface area contributed by atoms with Gasteiger partial charge in [-0.05, 0) is 80.3 Å². The number of benzene rings is 2. The van der Waals surface area contributed by atoms with Crippen molar-refractivity contribution in [1.29, 1.82) is 0 Å². The minimum absolute atomic E-state index is 0.121. The van der Waals surface area contributed by atoms with Gasteiger partial charge < -0.3 is 14.4 Å². The van der Waals surface area contributed by atoms with Gasteiger partial charge in [-0.25, -0.2) is 9.07 Å². The van der Waals surface area contributed by atoms with Crippen molar-refractivity contribution < 1.29 is 23.5 Å². The van der Waals surface area contributed by atoms with E-state index in [2.05, 4.69) is 5.10 Å². The van der Waals surface area contributed by atoms with Gasteiger partial charge in [0.25, 0.3) is 0 Å². The first-order valence-electron chi connectivity index (χ1n) is 13.8. The number of carbonyl (C=O) groups excluding carboxylic acids is 2. The zero-order chi connectivity index (χ0) is 28.0. The highest BCUT2D eigenvalue weighted by Gasteiger charge is 2.52. The molecule has 1 aromatic heterocycles. The monoisotopic (exact) mass is 585 g/mol. The normalized spacial score (nSPS) is 21.9. The average Bonchev–Trinajstić information content (AvgIpc) is 3.44. The minimum atomic E-state index is -0.464. The Morgan fingerprint density at radius 3 is 2.60 bits per heavy atom. The van der Waals surface area contributed by atoms with Crippen LogP contribution in [0.15, 0.2) is 42.6 Å². The van der Waals surface area contributed by atoms with Gasteiger partial charge in [0.05, 0.1) is 52.9 Å². The maximum absolute atomic E-state index is 15.1. The maximum Gasteiger partial charge on any atom is 0.306 e. The molecule has 2 bridgehead atoms. The Hall–Kier alpha value is -2.94. The Bertz CT molecular complexity index is 1440. The van der Waals surface area contributed by atoms with Gasteiger partial charge in [0, 0.05) is 12.5 Å². The lowest BCUT2D eigenvalue weighted by Crippen LogP contribution is -2.43. The summed E-state index contributed by atoms with van der Waals surface area (Å²) in [4.78, 5) is 26.6. The van der Waals surface area contributed by atoms with Crippen molar-refractivity contribution in [2.75, 3.05) is 11.5 Å². The second-order valence-electron chi connectivity index (χ2n) is 10.7. The molecular weight excluding hydrogens is 556 g/mol. The molecule has 40 heavy (non-hydrogen) atoms. The first kappa shape index (κ1) is 27.2. The number of ether oxygens (including phenoxy) is 2. The number of nitrogens with zero attached hydrogens (tertiary/aromatic N) is 3. The summed E-state index contributed by atoms with van der Waals surface area (Å²) < 4.78 is 28.2. The summed E-state index contributed by atoms with van der Waals surface area (Å²) in [7, 11) is 0. The number of rotatable bonds is 10. The number of hydrogen-bond acceptors (Lipinski definition) is 5. The molecule has 2 aliphatic carbocycles. The summed E-state index contributed by atoms with van der Waals surface area (Å²) in [5.74, 6) is -0.794. The third kappa shape index (κ3) is 5.13. The van der Waals surface area contributed by atoms with Gasteiger partial charge >= 0.3 is 5.97 Å². The highest BCUT2D eigenvalue weighted by atomic mass is 35.5. The molecule has 3 fully saturated rings. The second-order valence-corrected chi connectivity index (χ2v) is 11.5. The first-order chi connectivity index (χ1) is 19.4. The molecule has 2 heterocycles. The third-order valence-corrected chi connectivity index (χ3v) is 8.71. The van der Waals surface area contributed by atoms with Crippen LogP contribution in [0.3, 0.4) is 0 Å². The quantitative estimate of drug-likeness (QED) is 0.257. The summed E-state index contributed by atoms with van der Waals surface area (Å²) in [5, 5.41) is 5.60. The first-order valence-corrected chi connectivity index (χ1v) is 14.5. The number of halogens is 3. The smallest absolute Gasteiger partial charge is 0.306 e. The van der Waals surface area contributed by atoms with Crippen LogP contribution in [-0.4, -0.2) is 40.4 Å². The zero-order valence-corrected chi connectivity index (χ0v) is 23.6. The van der Waals surface area contributed by atoms with Crippen LogP contribution < -0.4 is 4.90 Å². The molecule has 1 saturated heterocycles. The lowest BCUT2D eigenvalue weighted by Gasteiger charge is -2.32. The Kier molecular flexibility index (Phi) is 7.59. The van der Waals surface area contributed by atoms with E-state index >= 15 is 4.39 Å². The molecule has 0 N–H and O–H groups in total. The molecule has 3 atom stereocenters. The molecule has 0 radical (unpaired) electrons. The number of amides is 1. The number of aromatic nitrogens is 2. The highest BCUT2D eigenvalue weighted by molar-refractivity contribution is 6.37. The molecule has 1 aliphatic heterocycles. The van der Waals surface area contributed by atoms with E-state index in [4.69, 9.17) is 32.7 Å². The van der Waals surface area contributed by atoms with Gasteiger partial charge in [-0.15, -0.1) is 0 Å². The van der Waals surface area contributed by atoms with Crippen molar-refractivity contribution in [3.05, 3.63) is 75.3 Å². The number of esters is 1. The van der Waals surface area contributed by atoms with E-state index in [0.717, 1.165) is 24.1 Å². The van der Waals surface area contributed by atoms with Crippen LogP contribution >= 0.6 is 23.2 Å². The fourth-order valence-electron chi connectivity index (χ4n) is 6.02. The summed E-state index contributed by atoms with van der Waals surface area (Å²) >= 11 is 13.0. The predicted octanol–water partition coefficient (Wildman–Crippen LogP) is 6.40. The molecule has 10 heteroatoms. The summed E-state index contributed by atoms with van der Waals surface area (Å²) in [6.07, 6.45) is 5.61. The standard InChI is InChI=1S/C30H30Cl2FN3O4/c1-2-39-28(37)11-7-17-6-10-25(24(33)12-17)35-19-13-20(30(35)38)27(14-19)40-16-26-21(18-8-9-18)15-34-36(26)29-22(31)4-3-5-23(29)32/h3-6,10,12,15,18-20,27H,2,7-9,11,13-14,16H2,1H3/t19-,20+,27+/m0/s1. The van der Waals surface area contributed by atoms with Crippen LogP contribution in [0.2, 0.25) is 10.0 Å². The maximum atomic E-state index is 15.1. The number of hydrogen-bond donors (Lipinski definition) is 0. The molecule has 3 aliphatic rings. The van der Waals surface area contributed by atoms with Gasteiger partial charge in [-0.3, -0.25) is 9.59 Å². The molecule has 2 saturated carbocycles. The summed E-state index contributed by atoms with van der Waals surface area (Å²) in [6, 6.07) is 10.0. The number of fused-ring (bicyclic) bond motifs is 2. The predicted molar refractivity (Wildman–Crippen MR) is 149 cm³/mol. The van der Waals surface area contributed by atoms with Crippen molar-refractivity contribution in [3.8, 4) is 5.69 Å². The van der Waals surface area contributed by atoms with Gasteiger partial charge in [-0.1, -0.05) is 35.3 Å². The van der Waals surface area contributed by atoms with Crippen LogP contribution in [0.4, 0.5) is 10.1 Å². The van der Waals surface area contributed by atoms with Crippen LogP contribution in [0, 0.1) is 11.7 Å². The van der Waals surface area contributed by atoms with E-state index in [0.29, 0.717) is 53.1 Å². The number of aryl methyl sites for hydroxylation is 1. The molecular formula is C30H30Cl2FN3O4. The van der Waals surface area contributed by atoms with Crippen molar-refractivity contribution in [2.45, 2.75) is 70.1 Å². The highest BCUT2D eigenvalue weighted by Crippen LogP contribution is 2.46. The molecule has 210 valence electrons. The summed E-state index contributed by atoms with van der Waals surface area (Å²) in [5.41, 5.74) is 3.60. The summed E-state index contributed by atoms with van der Waals surface area (Å²) in [6.45, 7) is 2.34. The fraction of sp³-hybridized carbons (Fsp3) is 0.433. The van der Waals surface area contributed by atoms with Gasteiger partial charge in [-0.2, -0.15) is 5.10 Å². The molecule has 1 amide bonds. The third-order valence-electron chi connectivity index (χ3n) is 8.10. The molecule has 7 nitrogen and oxygen atoms in total. The Balaban J connectivity index is 1.15. The molecule has 0 spiro atoms. The Morgan fingerprint density at radius 1 is 1.15 bits per heavy atom. The van der Waals surface area contributed by atoms with Gasteiger partial charge in [0.1, 0.15) is 11.5 Å². The molecule has 6 rings (SSSR count). The topological polar surface area (TPSA) is 73.7 Å². The number of carbonyl (C=O) groups is 2. The van der Waals surface area contributed by atoms with E-state index in [1.807, 2.05) is 6.20 Å². The van der Waals surface area contributed by atoms with Crippen LogP contribution in [0.1, 0.15) is 61.8 Å². The molecule has 2 aromatic carbocycles. The van der Waals surface area contributed by atoms with E-state index in [9.17, 15) is 9.59 Å². The fourth-order valence-corrected chi connectivity index (χ4v) is 6.58. The largest absolute Gasteiger partial charge is 0.466 e. The molecule has 3 aromatic rings. The average molecular weight is 586 g/mol. The van der Waals surface area contributed by atoms with E-state index < -0.39 is 5.82 Å². The van der Waals surface area contributed by atoms with Crippen LogP contribution in [0.25, 0.3) is 5.69 Å². The van der Waals surface area contributed by atoms with E-state index in [1.54, 1.807) is 46.8 Å². The molecule has 0 unspecified atom stereocenters. The number of anilines is 1. The van der Waals surface area contributed by atoms with Gasteiger partial charge in [0.2, 0.25) is 5.91 Å². The van der Waals surface area contributed by atoms with Crippen molar-refractivity contribution in [2.24, 2.45) is 5.92 Å². The second kappa shape index (κ2) is 11.1. The minimum Gasteiger partial charge on any atom is -0.466 e. The van der Waals surface area contributed by atoms with Crippen LogP contribution in [0.5, 0.6) is 0 Å². The Labute approximate surface area is 242 Å². The number of piperidine rings is 1. The van der Waals surface area contributed by atoms with Crippen LogP contribution in [-0.2, 0) is 32.1 Å². The number of para-hydroxylation sites is 1. The van der Waals surface area contributed by atoms with E-state index in [-0.39, 0.29) is 48.7 Å².